The molecule has 0 amide bonds. The van der Waals surface area contributed by atoms with Gasteiger partial charge < -0.3 is 10.2 Å². The minimum absolute atomic E-state index is 0.647. The number of hydrogen-bond acceptors (Lipinski definition) is 2. The van der Waals surface area contributed by atoms with Gasteiger partial charge in [0.15, 0.2) is 0 Å². The molecule has 2 rings (SSSR count). The highest BCUT2D eigenvalue weighted by atomic mass is 15.1. The zero-order valence-electron chi connectivity index (χ0n) is 10.3. The third-order valence-electron chi connectivity index (χ3n) is 3.40. The summed E-state index contributed by atoms with van der Waals surface area (Å²) in [5.74, 6) is 0.684. The first kappa shape index (κ1) is 11.6. The van der Waals surface area contributed by atoms with E-state index in [1.807, 2.05) is 0 Å². The minimum Gasteiger partial charge on any atom is -0.313 e. The molecule has 1 saturated heterocycles. The number of likely N-dealkylation sites (N-methyl/N-ethyl adjacent to an activating group) is 2. The van der Waals surface area contributed by atoms with Crippen LogP contribution in [0.1, 0.15) is 24.8 Å². The molecule has 0 radical (unpaired) electrons. The lowest BCUT2D eigenvalue weighted by molar-refractivity contribution is 0.206. The van der Waals surface area contributed by atoms with E-state index in [9.17, 15) is 0 Å². The van der Waals surface area contributed by atoms with Crippen molar-refractivity contribution in [3.05, 3.63) is 35.9 Å². The molecule has 1 aliphatic rings. The fourth-order valence-electron chi connectivity index (χ4n) is 2.72. The van der Waals surface area contributed by atoms with Gasteiger partial charge in [0, 0.05) is 19.1 Å². The van der Waals surface area contributed by atoms with E-state index in [-0.39, 0.29) is 0 Å². The molecule has 0 bridgehead atoms. The standard InChI is InChI=1S/C14H22N2/c1-3-15-14-9-13(10-16(2)11-14)12-7-5-4-6-8-12/h4-8,13-15H,3,9-11H2,1-2H3. The Labute approximate surface area is 98.7 Å². The van der Waals surface area contributed by atoms with Gasteiger partial charge in [-0.25, -0.2) is 0 Å². The lowest BCUT2D eigenvalue weighted by Gasteiger charge is -2.36. The summed E-state index contributed by atoms with van der Waals surface area (Å²) in [6.07, 6.45) is 1.27. The Hall–Kier alpha value is -0.860. The second kappa shape index (κ2) is 5.46. The molecule has 1 aliphatic heterocycles. The summed E-state index contributed by atoms with van der Waals surface area (Å²) < 4.78 is 0. The molecular formula is C14H22N2. The first-order chi connectivity index (χ1) is 7.79. The van der Waals surface area contributed by atoms with Gasteiger partial charge in [0.2, 0.25) is 0 Å². The number of hydrogen-bond donors (Lipinski definition) is 1. The molecule has 1 N–H and O–H groups in total. The van der Waals surface area contributed by atoms with Gasteiger partial charge in [0.05, 0.1) is 0 Å². The van der Waals surface area contributed by atoms with E-state index in [4.69, 9.17) is 0 Å². The molecule has 1 aromatic carbocycles. The van der Waals surface area contributed by atoms with Crippen LogP contribution in [0.25, 0.3) is 0 Å². The van der Waals surface area contributed by atoms with Crippen molar-refractivity contribution in [2.75, 3.05) is 26.7 Å². The highest BCUT2D eigenvalue weighted by molar-refractivity contribution is 5.21. The monoisotopic (exact) mass is 218 g/mol. The molecule has 2 unspecified atom stereocenters. The number of nitrogens with one attached hydrogen (secondary N) is 1. The molecule has 0 spiro atoms. The van der Waals surface area contributed by atoms with E-state index in [1.165, 1.54) is 25.1 Å². The van der Waals surface area contributed by atoms with Gasteiger partial charge >= 0.3 is 0 Å². The van der Waals surface area contributed by atoms with Crippen molar-refractivity contribution >= 4 is 0 Å². The van der Waals surface area contributed by atoms with Crippen molar-refractivity contribution in [3.63, 3.8) is 0 Å². The lowest BCUT2D eigenvalue weighted by atomic mass is 9.88. The molecule has 16 heavy (non-hydrogen) atoms. The van der Waals surface area contributed by atoms with Crippen molar-refractivity contribution in [2.24, 2.45) is 0 Å². The maximum atomic E-state index is 3.57. The van der Waals surface area contributed by atoms with Crippen LogP contribution >= 0.6 is 0 Å². The summed E-state index contributed by atoms with van der Waals surface area (Å²) in [5, 5.41) is 3.57. The average Bonchev–Trinajstić information content (AvgIpc) is 2.30. The minimum atomic E-state index is 0.647. The summed E-state index contributed by atoms with van der Waals surface area (Å²) in [6.45, 7) is 5.62. The number of likely N-dealkylation sites (tertiary alicyclic amines) is 1. The second-order valence-electron chi connectivity index (χ2n) is 4.82. The van der Waals surface area contributed by atoms with Gasteiger partial charge in [-0.15, -0.1) is 0 Å². The fraction of sp³-hybridized carbons (Fsp3) is 0.571. The van der Waals surface area contributed by atoms with Crippen LogP contribution in [0.3, 0.4) is 0 Å². The van der Waals surface area contributed by atoms with E-state index >= 15 is 0 Å². The average molecular weight is 218 g/mol. The highest BCUT2D eigenvalue weighted by Crippen LogP contribution is 2.26. The molecule has 1 fully saturated rings. The van der Waals surface area contributed by atoms with Crippen molar-refractivity contribution in [1.29, 1.82) is 0 Å². The number of benzene rings is 1. The van der Waals surface area contributed by atoms with Crippen molar-refractivity contribution < 1.29 is 0 Å². The number of nitrogens with zero attached hydrogens (tertiary/aromatic N) is 1. The summed E-state index contributed by atoms with van der Waals surface area (Å²) in [4.78, 5) is 2.44. The zero-order chi connectivity index (χ0) is 11.4. The van der Waals surface area contributed by atoms with E-state index in [1.54, 1.807) is 0 Å². The molecule has 0 aromatic heterocycles. The van der Waals surface area contributed by atoms with Crippen molar-refractivity contribution in [2.45, 2.75) is 25.3 Å². The molecular weight excluding hydrogens is 196 g/mol. The Morgan fingerprint density at radius 3 is 2.69 bits per heavy atom. The molecule has 2 heteroatoms. The Morgan fingerprint density at radius 1 is 1.25 bits per heavy atom. The summed E-state index contributed by atoms with van der Waals surface area (Å²) in [5.41, 5.74) is 1.48. The maximum Gasteiger partial charge on any atom is 0.0201 e. The summed E-state index contributed by atoms with van der Waals surface area (Å²) in [7, 11) is 2.22. The Morgan fingerprint density at radius 2 is 2.00 bits per heavy atom. The normalized spacial score (nSPS) is 26.9. The fourth-order valence-corrected chi connectivity index (χ4v) is 2.72. The third kappa shape index (κ3) is 2.83. The number of rotatable bonds is 3. The van der Waals surface area contributed by atoms with Gasteiger partial charge in [-0.2, -0.15) is 0 Å². The van der Waals surface area contributed by atoms with Crippen molar-refractivity contribution in [1.82, 2.24) is 10.2 Å². The molecule has 0 aliphatic carbocycles. The molecule has 1 heterocycles. The predicted molar refractivity (Wildman–Crippen MR) is 68.8 cm³/mol. The molecule has 0 saturated carbocycles. The van der Waals surface area contributed by atoms with Crippen molar-refractivity contribution in [3.8, 4) is 0 Å². The molecule has 2 nitrogen and oxygen atoms in total. The Balaban J connectivity index is 2.04. The largest absolute Gasteiger partial charge is 0.313 e. The Bertz CT molecular complexity index is 310. The molecule has 2 atom stereocenters. The van der Waals surface area contributed by atoms with E-state index in [0.29, 0.717) is 12.0 Å². The second-order valence-corrected chi connectivity index (χ2v) is 4.82. The van der Waals surface area contributed by atoms with E-state index < -0.39 is 0 Å². The lowest BCUT2D eigenvalue weighted by Crippen LogP contribution is -2.46. The highest BCUT2D eigenvalue weighted by Gasteiger charge is 2.25. The predicted octanol–water partition coefficient (Wildman–Crippen LogP) is 2.08. The van der Waals surface area contributed by atoms with Crippen LogP contribution < -0.4 is 5.32 Å². The topological polar surface area (TPSA) is 15.3 Å². The van der Waals surface area contributed by atoms with E-state index in [2.05, 4.69) is 54.5 Å². The van der Waals surface area contributed by atoms with Gasteiger partial charge in [0.1, 0.15) is 0 Å². The smallest absolute Gasteiger partial charge is 0.0201 e. The zero-order valence-corrected chi connectivity index (χ0v) is 10.3. The first-order valence-corrected chi connectivity index (χ1v) is 6.26. The van der Waals surface area contributed by atoms with Crippen LogP contribution in [-0.4, -0.2) is 37.6 Å². The summed E-state index contributed by atoms with van der Waals surface area (Å²) in [6, 6.07) is 11.5. The van der Waals surface area contributed by atoms with Crippen LogP contribution in [0.15, 0.2) is 30.3 Å². The quantitative estimate of drug-likeness (QED) is 0.835. The van der Waals surface area contributed by atoms with E-state index in [0.717, 1.165) is 6.54 Å². The number of piperidine rings is 1. The summed E-state index contributed by atoms with van der Waals surface area (Å²) >= 11 is 0. The van der Waals surface area contributed by atoms with Crippen LogP contribution in [-0.2, 0) is 0 Å². The van der Waals surface area contributed by atoms with Crippen LogP contribution in [0.5, 0.6) is 0 Å². The van der Waals surface area contributed by atoms with Crippen LogP contribution in [0.4, 0.5) is 0 Å². The molecule has 88 valence electrons. The SMILES string of the molecule is CCNC1CC(c2ccccc2)CN(C)C1. The van der Waals surface area contributed by atoms with Gasteiger partial charge in [-0.1, -0.05) is 37.3 Å². The first-order valence-electron chi connectivity index (χ1n) is 6.26. The third-order valence-corrected chi connectivity index (χ3v) is 3.40. The van der Waals surface area contributed by atoms with Gasteiger partial charge in [-0.05, 0) is 31.5 Å². The maximum absolute atomic E-state index is 3.57. The van der Waals surface area contributed by atoms with Crippen LogP contribution in [0.2, 0.25) is 0 Å². The van der Waals surface area contributed by atoms with Gasteiger partial charge in [-0.3, -0.25) is 0 Å². The molecule has 1 aromatic rings. The van der Waals surface area contributed by atoms with Crippen LogP contribution in [0, 0.1) is 0 Å². The van der Waals surface area contributed by atoms with Gasteiger partial charge in [0.25, 0.3) is 0 Å². The Kier molecular flexibility index (Phi) is 3.97.